The molecule has 0 radical (unpaired) electrons. The van der Waals surface area contributed by atoms with E-state index in [1.165, 1.54) is 6.20 Å². The van der Waals surface area contributed by atoms with Crippen LogP contribution in [0.3, 0.4) is 0 Å². The largest absolute Gasteiger partial charge is 0.489 e. The molecule has 0 saturated carbocycles. The lowest BCUT2D eigenvalue weighted by Crippen LogP contribution is -2.44. The van der Waals surface area contributed by atoms with Gasteiger partial charge in [-0.25, -0.2) is 13.4 Å². The number of aryl methyl sites for hydroxylation is 1. The first-order valence-corrected chi connectivity index (χ1v) is 15.0. The Balaban J connectivity index is 1.65. The third kappa shape index (κ3) is 6.74. The van der Waals surface area contributed by atoms with Crippen LogP contribution >= 0.6 is 11.6 Å². The summed E-state index contributed by atoms with van der Waals surface area (Å²) in [6.07, 6.45) is 1.45. The van der Waals surface area contributed by atoms with E-state index in [-0.39, 0.29) is 21.8 Å². The molecule has 1 aliphatic heterocycles. The van der Waals surface area contributed by atoms with Crippen LogP contribution in [0, 0.1) is 6.92 Å². The smallest absolute Gasteiger partial charge is 0.229 e. The molecule has 11 heteroatoms. The van der Waals surface area contributed by atoms with E-state index in [0.29, 0.717) is 17.4 Å². The number of nitrogens with one attached hydrogen (secondary N) is 2. The van der Waals surface area contributed by atoms with Crippen molar-refractivity contribution >= 4 is 50.3 Å². The highest BCUT2D eigenvalue weighted by Crippen LogP contribution is 2.37. The molecule has 4 rings (SSSR count). The Morgan fingerprint density at radius 2 is 1.69 bits per heavy atom. The number of hydrogen-bond donors (Lipinski definition) is 2. The summed E-state index contributed by atoms with van der Waals surface area (Å²) >= 11 is 6.42. The second kappa shape index (κ2) is 12.0. The van der Waals surface area contributed by atoms with Gasteiger partial charge in [0.2, 0.25) is 5.95 Å². The van der Waals surface area contributed by atoms with Crippen LogP contribution in [0.4, 0.5) is 28.8 Å². The fourth-order valence-electron chi connectivity index (χ4n) is 4.35. The molecule has 2 heterocycles. The van der Waals surface area contributed by atoms with Crippen molar-refractivity contribution in [2.45, 2.75) is 50.9 Å². The standard InChI is InChI=1S/C28H37ClN6O3S/c1-18(2)38-25-16-24(35-13-11-34(6)12-14-35)20(5)15-23(25)32-28-30-17-21(29)27(33-28)31-22-9-7-8-10-26(22)39(36,37)19(3)4/h7-10,15-19H,11-14H2,1-6H3,(H2,30,31,32,33). The van der Waals surface area contributed by atoms with Gasteiger partial charge in [0.1, 0.15) is 10.8 Å². The number of para-hydroxylation sites is 1. The number of aromatic nitrogens is 2. The van der Waals surface area contributed by atoms with Crippen LogP contribution in [0.2, 0.25) is 5.02 Å². The molecule has 0 bridgehead atoms. The molecule has 3 aromatic rings. The van der Waals surface area contributed by atoms with Crippen LogP contribution in [0.5, 0.6) is 5.75 Å². The highest BCUT2D eigenvalue weighted by atomic mass is 35.5. The van der Waals surface area contributed by atoms with E-state index in [9.17, 15) is 8.42 Å². The monoisotopic (exact) mass is 572 g/mol. The molecule has 39 heavy (non-hydrogen) atoms. The van der Waals surface area contributed by atoms with Gasteiger partial charge in [-0.3, -0.25) is 0 Å². The van der Waals surface area contributed by atoms with Crippen LogP contribution in [0.25, 0.3) is 0 Å². The Bertz CT molecular complexity index is 1420. The lowest BCUT2D eigenvalue weighted by molar-refractivity contribution is 0.243. The molecule has 0 amide bonds. The van der Waals surface area contributed by atoms with Gasteiger partial charge in [-0.15, -0.1) is 0 Å². The van der Waals surface area contributed by atoms with E-state index < -0.39 is 15.1 Å². The van der Waals surface area contributed by atoms with Gasteiger partial charge in [-0.2, -0.15) is 4.98 Å². The zero-order valence-corrected chi connectivity index (χ0v) is 24.9. The molecular weight excluding hydrogens is 536 g/mol. The highest BCUT2D eigenvalue weighted by molar-refractivity contribution is 7.92. The SMILES string of the molecule is Cc1cc(Nc2ncc(Cl)c(Nc3ccccc3S(=O)(=O)C(C)C)n2)c(OC(C)C)cc1N1CCN(C)CC1. The van der Waals surface area contributed by atoms with Gasteiger partial charge >= 0.3 is 0 Å². The summed E-state index contributed by atoms with van der Waals surface area (Å²) in [6, 6.07) is 10.8. The molecule has 210 valence electrons. The zero-order valence-electron chi connectivity index (χ0n) is 23.3. The number of anilines is 5. The number of ether oxygens (including phenoxy) is 1. The van der Waals surface area contributed by atoms with Crippen molar-refractivity contribution in [3.63, 3.8) is 0 Å². The van der Waals surface area contributed by atoms with Crippen molar-refractivity contribution in [2.75, 3.05) is 48.8 Å². The third-order valence-corrected chi connectivity index (χ3v) is 9.05. The maximum absolute atomic E-state index is 12.9. The van der Waals surface area contributed by atoms with Gasteiger partial charge in [0.15, 0.2) is 15.7 Å². The van der Waals surface area contributed by atoms with Crippen LogP contribution < -0.4 is 20.3 Å². The van der Waals surface area contributed by atoms with Gasteiger partial charge in [0.25, 0.3) is 0 Å². The first kappa shape index (κ1) is 28.9. The van der Waals surface area contributed by atoms with Gasteiger partial charge in [-0.1, -0.05) is 23.7 Å². The van der Waals surface area contributed by atoms with Crippen LogP contribution in [0.15, 0.2) is 47.5 Å². The molecule has 2 aromatic carbocycles. The van der Waals surface area contributed by atoms with Crippen molar-refractivity contribution in [2.24, 2.45) is 0 Å². The molecule has 1 aliphatic rings. The summed E-state index contributed by atoms with van der Waals surface area (Å²) in [6.45, 7) is 13.3. The fourth-order valence-corrected chi connectivity index (χ4v) is 5.69. The Morgan fingerprint density at radius 3 is 2.36 bits per heavy atom. The number of nitrogens with zero attached hydrogens (tertiary/aromatic N) is 4. The van der Waals surface area contributed by atoms with E-state index in [0.717, 1.165) is 43.1 Å². The van der Waals surface area contributed by atoms with Crippen molar-refractivity contribution < 1.29 is 13.2 Å². The molecule has 0 aliphatic carbocycles. The first-order valence-electron chi connectivity index (χ1n) is 13.1. The topological polar surface area (TPSA) is 99.7 Å². The summed E-state index contributed by atoms with van der Waals surface area (Å²) < 4.78 is 32.0. The van der Waals surface area contributed by atoms with Crippen molar-refractivity contribution in [1.82, 2.24) is 14.9 Å². The predicted octanol–water partition coefficient (Wildman–Crippen LogP) is 5.65. The number of hydrogen-bond acceptors (Lipinski definition) is 9. The number of halogens is 1. The quantitative estimate of drug-likeness (QED) is 0.337. The normalized spacial score (nSPS) is 14.6. The third-order valence-electron chi connectivity index (χ3n) is 6.56. The number of rotatable bonds is 9. The average molecular weight is 573 g/mol. The van der Waals surface area contributed by atoms with E-state index in [2.05, 4.69) is 50.4 Å². The lowest BCUT2D eigenvalue weighted by Gasteiger charge is -2.35. The minimum Gasteiger partial charge on any atom is -0.489 e. The molecule has 1 aromatic heterocycles. The minimum absolute atomic E-state index is 0.0311. The Morgan fingerprint density at radius 1 is 1.00 bits per heavy atom. The first-order chi connectivity index (χ1) is 18.5. The average Bonchev–Trinajstić information content (AvgIpc) is 2.88. The number of sulfone groups is 1. The molecule has 0 unspecified atom stereocenters. The van der Waals surface area contributed by atoms with E-state index in [1.807, 2.05) is 19.9 Å². The molecule has 1 saturated heterocycles. The van der Waals surface area contributed by atoms with Crippen LogP contribution in [0.1, 0.15) is 33.3 Å². The van der Waals surface area contributed by atoms with Crippen molar-refractivity contribution in [3.05, 3.63) is 53.2 Å². The summed E-state index contributed by atoms with van der Waals surface area (Å²) in [5.41, 5.74) is 3.38. The predicted molar refractivity (Wildman–Crippen MR) is 159 cm³/mol. The summed E-state index contributed by atoms with van der Waals surface area (Å²) in [5, 5.41) is 6.07. The van der Waals surface area contributed by atoms with Crippen molar-refractivity contribution in [1.29, 1.82) is 0 Å². The molecule has 9 nitrogen and oxygen atoms in total. The highest BCUT2D eigenvalue weighted by Gasteiger charge is 2.23. The summed E-state index contributed by atoms with van der Waals surface area (Å²) in [4.78, 5) is 13.8. The van der Waals surface area contributed by atoms with Gasteiger partial charge in [0, 0.05) is 37.9 Å². The summed E-state index contributed by atoms with van der Waals surface area (Å²) in [5.74, 6) is 1.29. The fraction of sp³-hybridized carbons (Fsp3) is 0.429. The second-order valence-corrected chi connectivity index (χ2v) is 13.2. The van der Waals surface area contributed by atoms with Gasteiger partial charge < -0.3 is 25.2 Å². The molecule has 1 fully saturated rings. The van der Waals surface area contributed by atoms with E-state index in [4.69, 9.17) is 16.3 Å². The zero-order chi connectivity index (χ0) is 28.3. The molecular formula is C28H37ClN6O3S. The van der Waals surface area contributed by atoms with Gasteiger partial charge in [0.05, 0.1) is 33.8 Å². The molecule has 0 atom stereocenters. The van der Waals surface area contributed by atoms with Crippen molar-refractivity contribution in [3.8, 4) is 5.75 Å². The maximum Gasteiger partial charge on any atom is 0.229 e. The van der Waals surface area contributed by atoms with Crippen LogP contribution in [-0.4, -0.2) is 67.9 Å². The molecule has 0 spiro atoms. The second-order valence-electron chi connectivity index (χ2n) is 10.3. The van der Waals surface area contributed by atoms with Crippen LogP contribution in [-0.2, 0) is 9.84 Å². The Labute approximate surface area is 236 Å². The summed E-state index contributed by atoms with van der Waals surface area (Å²) in [7, 11) is -1.39. The van der Waals surface area contributed by atoms with E-state index >= 15 is 0 Å². The maximum atomic E-state index is 12.9. The lowest BCUT2D eigenvalue weighted by atomic mass is 10.1. The van der Waals surface area contributed by atoms with Gasteiger partial charge in [-0.05, 0) is 65.4 Å². The minimum atomic E-state index is -3.53. The molecule has 2 N–H and O–H groups in total. The Hall–Kier alpha value is -3.08. The number of likely N-dealkylation sites (N-methyl/N-ethyl adjacent to an activating group) is 1. The Kier molecular flexibility index (Phi) is 8.88. The number of benzene rings is 2. The number of piperazine rings is 1. The van der Waals surface area contributed by atoms with E-state index in [1.54, 1.807) is 38.1 Å².